The predicted octanol–water partition coefficient (Wildman–Crippen LogP) is 5.43. The maximum Gasteiger partial charge on any atom is 0.255 e. The fourth-order valence-corrected chi connectivity index (χ4v) is 3.59. The number of aromatic nitrogens is 2. The Morgan fingerprint density at radius 3 is 2.63 bits per heavy atom. The number of amides is 1. The second kappa shape index (κ2) is 8.92. The lowest BCUT2D eigenvalue weighted by Crippen LogP contribution is -2.13. The molecular weight excluding hydrogens is 398 g/mol. The summed E-state index contributed by atoms with van der Waals surface area (Å²) in [7, 11) is 0. The van der Waals surface area contributed by atoms with Crippen LogP contribution >= 0.6 is 11.3 Å². The third kappa shape index (κ3) is 4.75. The number of para-hydroxylation sites is 1. The Bertz CT molecular complexity index is 1120. The number of anilines is 1. The lowest BCUT2D eigenvalue weighted by atomic mass is 10.1. The largest absolute Gasteiger partial charge is 0.491 e. The van der Waals surface area contributed by atoms with Crippen molar-refractivity contribution in [2.75, 3.05) is 5.32 Å². The number of hydrogen-bond donors (Lipinski definition) is 1. The molecule has 2 aromatic heterocycles. The number of hydrogen-bond acceptors (Lipinski definition) is 6. The van der Waals surface area contributed by atoms with Gasteiger partial charge < -0.3 is 14.6 Å². The molecule has 0 radical (unpaired) electrons. The number of ether oxygens (including phenoxy) is 1. The van der Waals surface area contributed by atoms with Gasteiger partial charge in [-0.05, 0) is 61.2 Å². The van der Waals surface area contributed by atoms with E-state index in [-0.39, 0.29) is 12.0 Å². The number of carbonyl (C=O) groups is 1. The van der Waals surface area contributed by atoms with Crippen molar-refractivity contribution in [2.24, 2.45) is 0 Å². The molecule has 30 heavy (non-hydrogen) atoms. The number of thiophene rings is 1. The predicted molar refractivity (Wildman–Crippen MR) is 117 cm³/mol. The molecule has 2 heterocycles. The van der Waals surface area contributed by atoms with Gasteiger partial charge in [-0.15, -0.1) is 11.3 Å². The Labute approximate surface area is 178 Å². The summed E-state index contributed by atoms with van der Waals surface area (Å²) in [6, 6.07) is 18.6. The van der Waals surface area contributed by atoms with E-state index in [0.29, 0.717) is 29.4 Å². The Balaban J connectivity index is 1.47. The first-order valence-corrected chi connectivity index (χ1v) is 10.5. The van der Waals surface area contributed by atoms with Crippen LogP contribution in [0.15, 0.2) is 70.6 Å². The van der Waals surface area contributed by atoms with Crippen LogP contribution in [0, 0.1) is 0 Å². The zero-order valence-corrected chi connectivity index (χ0v) is 17.5. The van der Waals surface area contributed by atoms with Crippen LogP contribution in [0.3, 0.4) is 0 Å². The van der Waals surface area contributed by atoms with E-state index < -0.39 is 0 Å². The first kappa shape index (κ1) is 19.8. The molecule has 0 bridgehead atoms. The first-order valence-electron chi connectivity index (χ1n) is 9.61. The molecule has 4 rings (SSSR count). The van der Waals surface area contributed by atoms with Gasteiger partial charge in [0.25, 0.3) is 5.91 Å². The van der Waals surface area contributed by atoms with Crippen LogP contribution in [-0.4, -0.2) is 22.2 Å². The fraction of sp³-hybridized carbons (Fsp3) is 0.174. The van der Waals surface area contributed by atoms with Crippen molar-refractivity contribution in [3.63, 3.8) is 0 Å². The van der Waals surface area contributed by atoms with Crippen LogP contribution in [0.2, 0.25) is 0 Å². The zero-order chi connectivity index (χ0) is 20.9. The molecule has 0 fully saturated rings. The van der Waals surface area contributed by atoms with Crippen LogP contribution < -0.4 is 10.1 Å². The molecule has 0 unspecified atom stereocenters. The molecular formula is C23H21N3O3S. The Kier molecular flexibility index (Phi) is 5.90. The normalized spacial score (nSPS) is 10.9. The van der Waals surface area contributed by atoms with E-state index in [1.54, 1.807) is 35.6 Å². The van der Waals surface area contributed by atoms with Gasteiger partial charge in [-0.2, -0.15) is 4.98 Å². The zero-order valence-electron chi connectivity index (χ0n) is 16.7. The summed E-state index contributed by atoms with van der Waals surface area (Å²) < 4.78 is 11.0. The second-order valence-electron chi connectivity index (χ2n) is 6.97. The van der Waals surface area contributed by atoms with E-state index >= 15 is 0 Å². The molecule has 6 nitrogen and oxygen atoms in total. The van der Waals surface area contributed by atoms with Crippen LogP contribution in [0.1, 0.15) is 35.7 Å². The van der Waals surface area contributed by atoms with Gasteiger partial charge in [0.15, 0.2) is 0 Å². The van der Waals surface area contributed by atoms with Crippen LogP contribution in [0.5, 0.6) is 5.75 Å². The van der Waals surface area contributed by atoms with Gasteiger partial charge in [0.05, 0.1) is 17.4 Å². The number of carbonyl (C=O) groups excluding carboxylic acids is 1. The SMILES string of the molecule is CC(C)Oc1ccc(C(=O)Nc2ccccc2Cc2nc(-c3cccs3)no2)cc1. The first-order chi connectivity index (χ1) is 14.6. The minimum Gasteiger partial charge on any atom is -0.491 e. The van der Waals surface area contributed by atoms with E-state index in [4.69, 9.17) is 9.26 Å². The van der Waals surface area contributed by atoms with E-state index in [1.807, 2.05) is 55.6 Å². The van der Waals surface area contributed by atoms with E-state index in [2.05, 4.69) is 15.5 Å². The van der Waals surface area contributed by atoms with Gasteiger partial charge in [0.2, 0.25) is 11.7 Å². The quantitative estimate of drug-likeness (QED) is 0.432. The lowest BCUT2D eigenvalue weighted by Gasteiger charge is -2.11. The molecule has 0 atom stereocenters. The summed E-state index contributed by atoms with van der Waals surface area (Å²) in [5.74, 6) is 1.61. The van der Waals surface area contributed by atoms with Crippen LogP contribution in [-0.2, 0) is 6.42 Å². The molecule has 7 heteroatoms. The van der Waals surface area contributed by atoms with Crippen molar-refractivity contribution in [2.45, 2.75) is 26.4 Å². The van der Waals surface area contributed by atoms with E-state index in [9.17, 15) is 4.79 Å². The van der Waals surface area contributed by atoms with Gasteiger partial charge in [-0.25, -0.2) is 0 Å². The van der Waals surface area contributed by atoms with Gasteiger partial charge in [-0.1, -0.05) is 29.4 Å². The third-order valence-electron chi connectivity index (χ3n) is 4.31. The summed E-state index contributed by atoms with van der Waals surface area (Å²) >= 11 is 1.56. The smallest absolute Gasteiger partial charge is 0.255 e. The standard InChI is InChI=1S/C23H21N3O3S/c1-15(2)28-18-11-9-16(10-12-18)23(27)24-19-7-4-3-6-17(19)14-21-25-22(26-29-21)20-8-5-13-30-20/h3-13,15H,14H2,1-2H3,(H,24,27). The summed E-state index contributed by atoms with van der Waals surface area (Å²) in [5.41, 5.74) is 2.16. The molecule has 0 aliphatic rings. The summed E-state index contributed by atoms with van der Waals surface area (Å²) in [6.07, 6.45) is 0.511. The number of benzene rings is 2. The number of rotatable bonds is 7. The highest BCUT2D eigenvalue weighted by Crippen LogP contribution is 2.24. The van der Waals surface area contributed by atoms with E-state index in [0.717, 1.165) is 16.2 Å². The molecule has 0 saturated heterocycles. The van der Waals surface area contributed by atoms with Gasteiger partial charge in [0, 0.05) is 11.3 Å². The molecule has 0 aliphatic heterocycles. The van der Waals surface area contributed by atoms with E-state index in [1.165, 1.54) is 0 Å². The summed E-state index contributed by atoms with van der Waals surface area (Å²) in [6.45, 7) is 3.93. The summed E-state index contributed by atoms with van der Waals surface area (Å²) in [4.78, 5) is 18.1. The molecule has 0 aliphatic carbocycles. The van der Waals surface area contributed by atoms with Crippen molar-refractivity contribution >= 4 is 22.9 Å². The molecule has 152 valence electrons. The number of nitrogens with one attached hydrogen (secondary N) is 1. The Hall–Kier alpha value is -3.45. The van der Waals surface area contributed by atoms with Gasteiger partial charge >= 0.3 is 0 Å². The maximum absolute atomic E-state index is 12.7. The monoisotopic (exact) mass is 419 g/mol. The van der Waals surface area contributed by atoms with Crippen LogP contribution in [0.25, 0.3) is 10.7 Å². The molecule has 4 aromatic rings. The minimum absolute atomic E-state index is 0.0848. The second-order valence-corrected chi connectivity index (χ2v) is 7.92. The fourth-order valence-electron chi connectivity index (χ4n) is 2.94. The molecule has 2 aromatic carbocycles. The topological polar surface area (TPSA) is 77.2 Å². The average molecular weight is 420 g/mol. The average Bonchev–Trinajstić information content (AvgIpc) is 3.41. The Morgan fingerprint density at radius 2 is 1.90 bits per heavy atom. The third-order valence-corrected chi connectivity index (χ3v) is 5.17. The van der Waals surface area contributed by atoms with Crippen molar-refractivity contribution in [3.05, 3.63) is 83.1 Å². The molecule has 0 saturated carbocycles. The minimum atomic E-state index is -0.191. The summed E-state index contributed by atoms with van der Waals surface area (Å²) in [5, 5.41) is 8.99. The Morgan fingerprint density at radius 1 is 1.10 bits per heavy atom. The highest BCUT2D eigenvalue weighted by molar-refractivity contribution is 7.13. The molecule has 1 N–H and O–H groups in total. The van der Waals surface area contributed by atoms with Crippen molar-refractivity contribution in [1.29, 1.82) is 0 Å². The van der Waals surface area contributed by atoms with Crippen molar-refractivity contribution < 1.29 is 14.1 Å². The number of nitrogens with zero attached hydrogens (tertiary/aromatic N) is 2. The van der Waals surface area contributed by atoms with Crippen molar-refractivity contribution in [3.8, 4) is 16.5 Å². The lowest BCUT2D eigenvalue weighted by molar-refractivity contribution is 0.102. The highest BCUT2D eigenvalue weighted by atomic mass is 32.1. The molecule has 1 amide bonds. The maximum atomic E-state index is 12.7. The van der Waals surface area contributed by atoms with Crippen molar-refractivity contribution in [1.82, 2.24) is 10.1 Å². The van der Waals surface area contributed by atoms with Gasteiger partial charge in [-0.3, -0.25) is 4.79 Å². The highest BCUT2D eigenvalue weighted by Gasteiger charge is 2.14. The molecule has 0 spiro atoms. The van der Waals surface area contributed by atoms with Crippen LogP contribution in [0.4, 0.5) is 5.69 Å². The van der Waals surface area contributed by atoms with Gasteiger partial charge in [0.1, 0.15) is 5.75 Å².